The Morgan fingerprint density at radius 2 is 2.13 bits per heavy atom. The Morgan fingerprint density at radius 1 is 1.60 bits per heavy atom. The molecule has 2 rings (SSSR count). The second-order valence-electron chi connectivity index (χ2n) is 3.98. The maximum absolute atomic E-state index is 11.5. The molecule has 0 spiro atoms. The van der Waals surface area contributed by atoms with Crippen LogP contribution in [0.3, 0.4) is 0 Å². The van der Waals surface area contributed by atoms with Gasteiger partial charge in [-0.2, -0.15) is 0 Å². The van der Waals surface area contributed by atoms with Gasteiger partial charge in [0.2, 0.25) is 5.91 Å². The molecule has 0 unspecified atom stereocenters. The number of aliphatic carboxylic acids is 1. The van der Waals surface area contributed by atoms with Crippen LogP contribution in [-0.4, -0.2) is 36.9 Å². The molecule has 7 heteroatoms. The number of alkyl halides is 1. The zero-order valence-corrected chi connectivity index (χ0v) is 14.8. The summed E-state index contributed by atoms with van der Waals surface area (Å²) >= 11 is 3.60. The molecule has 2 aliphatic rings. The van der Waals surface area contributed by atoms with Crippen LogP contribution in [0.2, 0.25) is 0 Å². The van der Waals surface area contributed by atoms with Gasteiger partial charge in [0.15, 0.2) is 0 Å². The molecule has 0 saturated carbocycles. The first-order valence-corrected chi connectivity index (χ1v) is 6.34. The van der Waals surface area contributed by atoms with Gasteiger partial charge in [-0.25, -0.2) is 0 Å². The average Bonchev–Trinajstić information content (AvgIpc) is 2.34. The number of hydrogen-bond donors (Lipinski definition) is 0. The van der Waals surface area contributed by atoms with Crippen LogP contribution in [0.15, 0.2) is 0 Å². The van der Waals surface area contributed by atoms with Crippen molar-refractivity contribution in [3.8, 4) is 0 Å². The molecule has 0 bridgehead atoms. The van der Waals surface area contributed by atoms with Crippen LogP contribution in [0.5, 0.6) is 0 Å². The normalized spacial score (nSPS) is 36.6. The Morgan fingerprint density at radius 3 is 2.60 bits per heavy atom. The van der Waals surface area contributed by atoms with Crippen molar-refractivity contribution in [2.75, 3.05) is 0 Å². The summed E-state index contributed by atoms with van der Waals surface area (Å²) in [5.41, 5.74) is 0. The number of nitrogens with zero attached hydrogens (tertiary/aromatic N) is 1. The molecule has 3 atom stereocenters. The van der Waals surface area contributed by atoms with Gasteiger partial charge in [0.25, 0.3) is 0 Å². The molecule has 1 amide bonds. The smallest absolute Gasteiger partial charge is 0.548 e. The molecular weight excluding hydrogens is 356 g/mol. The second-order valence-corrected chi connectivity index (χ2v) is 7.09. The monoisotopic (exact) mass is 365 g/mol. The molecule has 0 aliphatic carbocycles. The fourth-order valence-electron chi connectivity index (χ4n) is 1.95. The van der Waals surface area contributed by atoms with Crippen LogP contribution in [-0.2, 0) is 9.59 Å². The zero-order valence-electron chi connectivity index (χ0n) is 8.69. The molecule has 0 N–H and O–H groups in total. The fourth-order valence-corrected chi connectivity index (χ4v) is 4.59. The van der Waals surface area contributed by atoms with Crippen molar-refractivity contribution in [2.24, 2.45) is 0 Å². The summed E-state index contributed by atoms with van der Waals surface area (Å²) in [5.74, 6) is -1.23. The molecule has 15 heavy (non-hydrogen) atoms. The third-order valence-corrected chi connectivity index (χ3v) is 5.87. The van der Waals surface area contributed by atoms with E-state index in [9.17, 15) is 14.7 Å². The molecule has 2 heterocycles. The average molecular weight is 365 g/mol. The summed E-state index contributed by atoms with van der Waals surface area (Å²) in [5, 5.41) is 11.0. The summed E-state index contributed by atoms with van der Waals surface area (Å²) in [6.07, 6.45) is 0. The molecule has 0 aromatic heterocycles. The minimum atomic E-state index is -1.15. The Bertz CT molecular complexity index is 325. The minimum absolute atomic E-state index is 0. The number of carbonyl (C=O) groups is 2. The van der Waals surface area contributed by atoms with Gasteiger partial charge in [-0.3, -0.25) is 4.79 Å². The summed E-state index contributed by atoms with van der Waals surface area (Å²) in [6, 6.07) is -0.781. The van der Waals surface area contributed by atoms with Gasteiger partial charge >= 0.3 is 51.4 Å². The maximum Gasteiger partial charge on any atom is 1.00 e. The van der Waals surface area contributed by atoms with E-state index in [0.29, 0.717) is 0 Å². The quantitative estimate of drug-likeness (QED) is 0.211. The molecule has 0 radical (unpaired) electrons. The number of β-lactam (4-membered cyclic amide) rings is 1. The zero-order chi connectivity index (χ0) is 10.7. The third-order valence-electron chi connectivity index (χ3n) is 2.60. The maximum atomic E-state index is 11.5. The van der Waals surface area contributed by atoms with E-state index in [-0.39, 0.29) is 66.6 Å². The molecule has 0 aromatic rings. The van der Waals surface area contributed by atoms with Crippen molar-refractivity contribution in [3.05, 3.63) is 0 Å². The third kappa shape index (κ3) is 2.17. The van der Waals surface area contributed by atoms with Crippen molar-refractivity contribution in [1.82, 2.24) is 4.90 Å². The van der Waals surface area contributed by atoms with Crippen LogP contribution >= 0.6 is 34.4 Å². The summed E-state index contributed by atoms with van der Waals surface area (Å²) in [4.78, 5) is 23.8. The topological polar surface area (TPSA) is 60.4 Å². The van der Waals surface area contributed by atoms with Gasteiger partial charge in [-0.1, -0.05) is 22.6 Å². The molecule has 78 valence electrons. The largest absolute Gasteiger partial charge is 1.00 e. The molecule has 2 saturated heterocycles. The number of hydrogen-bond acceptors (Lipinski definition) is 4. The van der Waals surface area contributed by atoms with Gasteiger partial charge < -0.3 is 14.8 Å². The van der Waals surface area contributed by atoms with Crippen molar-refractivity contribution < 1.29 is 66.1 Å². The van der Waals surface area contributed by atoms with Crippen LogP contribution < -0.4 is 56.5 Å². The Kier molecular flexibility index (Phi) is 4.64. The van der Waals surface area contributed by atoms with E-state index in [4.69, 9.17) is 0 Å². The SMILES string of the molecule is CC1(C)S[C@@H]2[C@@H](I)C(=O)N2[C@H]1C(=O)[O-].[K+]. The number of carboxylic acids is 1. The molecule has 0 aromatic carbocycles. The van der Waals surface area contributed by atoms with Crippen LogP contribution in [0.25, 0.3) is 0 Å². The second kappa shape index (κ2) is 4.73. The number of amides is 1. The molecular formula is C8H9IKNO3S. The number of thioether (sulfide) groups is 1. The van der Waals surface area contributed by atoms with Crippen molar-refractivity contribution in [2.45, 2.75) is 33.9 Å². The van der Waals surface area contributed by atoms with E-state index >= 15 is 0 Å². The van der Waals surface area contributed by atoms with E-state index in [0.717, 1.165) is 0 Å². The minimum Gasteiger partial charge on any atom is -0.548 e. The van der Waals surface area contributed by atoms with Gasteiger partial charge in [-0.05, 0) is 13.8 Å². The number of fused-ring (bicyclic) bond motifs is 1. The number of carbonyl (C=O) groups excluding carboxylic acids is 2. The van der Waals surface area contributed by atoms with E-state index in [1.807, 2.05) is 13.8 Å². The fraction of sp³-hybridized carbons (Fsp3) is 0.750. The van der Waals surface area contributed by atoms with Crippen LogP contribution in [0, 0.1) is 0 Å². The Balaban J connectivity index is 0.00000112. The van der Waals surface area contributed by atoms with Gasteiger partial charge in [0.1, 0.15) is 3.92 Å². The van der Waals surface area contributed by atoms with Crippen LogP contribution in [0.1, 0.15) is 13.8 Å². The molecule has 2 fully saturated rings. The molecule has 4 nitrogen and oxygen atoms in total. The summed E-state index contributed by atoms with van der Waals surface area (Å²) in [7, 11) is 0. The predicted octanol–water partition coefficient (Wildman–Crippen LogP) is -3.39. The van der Waals surface area contributed by atoms with E-state index in [2.05, 4.69) is 22.6 Å². The summed E-state index contributed by atoms with van der Waals surface area (Å²) < 4.78 is -0.528. The first-order chi connectivity index (χ1) is 6.36. The first-order valence-electron chi connectivity index (χ1n) is 4.21. The number of halogens is 1. The van der Waals surface area contributed by atoms with E-state index < -0.39 is 16.8 Å². The first kappa shape index (κ1) is 14.7. The summed E-state index contributed by atoms with van der Waals surface area (Å²) in [6.45, 7) is 3.68. The number of rotatable bonds is 1. The standard InChI is InChI=1S/C8H10INO3S.K/c1-8(2)4(7(12)13)10-5(11)3(9)6(10)14-8;/h3-4,6H,1-2H3,(H,12,13);/q;+1/p-1/t3-,4-,6+;/m0./s1. The van der Waals surface area contributed by atoms with Crippen molar-refractivity contribution in [3.63, 3.8) is 0 Å². The van der Waals surface area contributed by atoms with E-state index in [1.54, 1.807) is 11.8 Å². The predicted molar refractivity (Wildman–Crippen MR) is 58.9 cm³/mol. The van der Waals surface area contributed by atoms with Gasteiger partial charge in [0.05, 0.1) is 17.4 Å². The Hall–Kier alpha value is 1.66. The Labute approximate surface area is 148 Å². The molecule has 2 aliphatic heterocycles. The van der Waals surface area contributed by atoms with Gasteiger partial charge in [0, 0.05) is 4.75 Å². The van der Waals surface area contributed by atoms with Crippen molar-refractivity contribution >= 4 is 46.2 Å². The van der Waals surface area contributed by atoms with Crippen LogP contribution in [0.4, 0.5) is 0 Å². The number of carboxylic acid groups (broad SMARTS) is 1. The van der Waals surface area contributed by atoms with E-state index in [1.165, 1.54) is 4.90 Å². The van der Waals surface area contributed by atoms with Gasteiger partial charge in [-0.15, -0.1) is 11.8 Å². The van der Waals surface area contributed by atoms with Crippen molar-refractivity contribution in [1.29, 1.82) is 0 Å².